The summed E-state index contributed by atoms with van der Waals surface area (Å²) in [7, 11) is 0. The molecule has 2 atom stereocenters. The van der Waals surface area contributed by atoms with E-state index in [4.69, 9.17) is 0 Å². The van der Waals surface area contributed by atoms with Gasteiger partial charge in [0.15, 0.2) is 0 Å². The number of carbonyl (C=O) groups is 2. The molecule has 1 saturated heterocycles. The second-order valence-electron chi connectivity index (χ2n) is 5.41. The van der Waals surface area contributed by atoms with Crippen molar-refractivity contribution < 1.29 is 14.0 Å². The van der Waals surface area contributed by atoms with Crippen molar-refractivity contribution in [3.05, 3.63) is 60.2 Å². The molecule has 1 aliphatic rings. The number of pyridine rings is 1. The molecule has 0 saturated carbocycles. The fourth-order valence-electron chi connectivity index (χ4n) is 2.42. The summed E-state index contributed by atoms with van der Waals surface area (Å²) in [4.78, 5) is 28.4. The second kappa shape index (κ2) is 7.44. The number of aromatic nitrogens is 1. The van der Waals surface area contributed by atoms with E-state index < -0.39 is 11.3 Å². The summed E-state index contributed by atoms with van der Waals surface area (Å²) in [6.45, 7) is 0. The van der Waals surface area contributed by atoms with Crippen LogP contribution in [0.5, 0.6) is 0 Å². The van der Waals surface area contributed by atoms with Gasteiger partial charge in [0.1, 0.15) is 11.9 Å². The van der Waals surface area contributed by atoms with Crippen molar-refractivity contribution in [2.45, 2.75) is 17.7 Å². The predicted octanol–water partition coefficient (Wildman–Crippen LogP) is 2.00. The van der Waals surface area contributed by atoms with Crippen LogP contribution in [0.3, 0.4) is 0 Å². The fourth-order valence-corrected chi connectivity index (χ4v) is 3.59. The van der Waals surface area contributed by atoms with E-state index in [1.165, 1.54) is 24.0 Å². The summed E-state index contributed by atoms with van der Waals surface area (Å²) in [5.74, 6) is -0.409. The molecule has 0 bridgehead atoms. The largest absolute Gasteiger partial charge is 0.343 e. The molecule has 1 aliphatic heterocycles. The van der Waals surface area contributed by atoms with E-state index in [1.807, 2.05) is 0 Å². The van der Waals surface area contributed by atoms with Gasteiger partial charge < -0.3 is 10.6 Å². The number of rotatable bonds is 4. The molecule has 2 amide bonds. The summed E-state index contributed by atoms with van der Waals surface area (Å²) < 4.78 is 13.7. The molecule has 0 spiro atoms. The minimum absolute atomic E-state index is 0.249. The lowest BCUT2D eigenvalue weighted by Crippen LogP contribution is -2.52. The summed E-state index contributed by atoms with van der Waals surface area (Å²) >= 11 is 1.37. The van der Waals surface area contributed by atoms with E-state index in [0.717, 1.165) is 0 Å². The van der Waals surface area contributed by atoms with Crippen molar-refractivity contribution in [3.8, 4) is 0 Å². The zero-order valence-electron chi connectivity index (χ0n) is 12.7. The van der Waals surface area contributed by atoms with Crippen LogP contribution in [0.25, 0.3) is 0 Å². The van der Waals surface area contributed by atoms with Gasteiger partial charge in [0.2, 0.25) is 11.8 Å². The zero-order chi connectivity index (χ0) is 16.9. The molecule has 1 aromatic carbocycles. The minimum Gasteiger partial charge on any atom is -0.343 e. The van der Waals surface area contributed by atoms with Crippen LogP contribution in [-0.4, -0.2) is 33.8 Å². The third-order valence-electron chi connectivity index (χ3n) is 3.68. The molecular formula is C17H16FN3O2S. The average molecular weight is 345 g/mol. The first-order valence-corrected chi connectivity index (χ1v) is 8.54. The second-order valence-corrected chi connectivity index (χ2v) is 6.65. The van der Waals surface area contributed by atoms with Crippen LogP contribution in [-0.2, 0) is 16.0 Å². The quantitative estimate of drug-likeness (QED) is 0.889. The Balaban J connectivity index is 1.58. The molecule has 1 fully saturated rings. The lowest BCUT2D eigenvalue weighted by atomic mass is 10.1. The highest BCUT2D eigenvalue weighted by Gasteiger charge is 2.32. The average Bonchev–Trinajstić information content (AvgIpc) is 2.59. The Labute approximate surface area is 143 Å². The van der Waals surface area contributed by atoms with Crippen molar-refractivity contribution in [2.24, 2.45) is 0 Å². The first-order valence-electron chi connectivity index (χ1n) is 7.50. The van der Waals surface area contributed by atoms with Gasteiger partial charge >= 0.3 is 0 Å². The SMILES string of the molecule is O=C(Nc1cccnc1)[C@@H]1CS[C@@H](Cc2ccccc2F)C(=O)N1. The van der Waals surface area contributed by atoms with E-state index in [1.54, 1.807) is 36.5 Å². The Morgan fingerprint density at radius 1 is 1.33 bits per heavy atom. The molecule has 7 heteroatoms. The van der Waals surface area contributed by atoms with Gasteiger partial charge in [-0.15, -0.1) is 11.8 Å². The molecule has 0 aliphatic carbocycles. The number of anilines is 1. The van der Waals surface area contributed by atoms with Crippen molar-refractivity contribution in [1.82, 2.24) is 10.3 Å². The summed E-state index contributed by atoms with van der Waals surface area (Å²) in [6.07, 6.45) is 3.46. The molecule has 5 nitrogen and oxygen atoms in total. The summed E-state index contributed by atoms with van der Waals surface area (Å²) in [6, 6.07) is 9.24. The third kappa shape index (κ3) is 3.91. The van der Waals surface area contributed by atoms with Crippen LogP contribution in [0.1, 0.15) is 5.56 Å². The number of nitrogens with one attached hydrogen (secondary N) is 2. The molecule has 0 unspecified atom stereocenters. The van der Waals surface area contributed by atoms with E-state index in [2.05, 4.69) is 15.6 Å². The number of amides is 2. The maximum atomic E-state index is 13.7. The van der Waals surface area contributed by atoms with Crippen LogP contribution in [0, 0.1) is 5.82 Å². The van der Waals surface area contributed by atoms with Crippen molar-refractivity contribution in [2.75, 3.05) is 11.1 Å². The number of thioether (sulfide) groups is 1. The van der Waals surface area contributed by atoms with Gasteiger partial charge in [-0.3, -0.25) is 14.6 Å². The Hall–Kier alpha value is -2.41. The number of benzene rings is 1. The third-order valence-corrected chi connectivity index (χ3v) is 4.99. The highest BCUT2D eigenvalue weighted by molar-refractivity contribution is 8.00. The molecule has 2 aromatic rings. The van der Waals surface area contributed by atoms with E-state index in [0.29, 0.717) is 23.4 Å². The van der Waals surface area contributed by atoms with E-state index in [9.17, 15) is 14.0 Å². The van der Waals surface area contributed by atoms with E-state index in [-0.39, 0.29) is 17.6 Å². The van der Waals surface area contributed by atoms with Gasteiger partial charge in [-0.05, 0) is 30.2 Å². The Bertz CT molecular complexity index is 742. The topological polar surface area (TPSA) is 71.1 Å². The Morgan fingerprint density at radius 2 is 2.17 bits per heavy atom. The number of hydrogen-bond donors (Lipinski definition) is 2. The summed E-state index contributed by atoms with van der Waals surface area (Å²) in [5, 5.41) is 5.03. The molecule has 1 aromatic heterocycles. The number of halogens is 1. The normalized spacial score (nSPS) is 20.3. The van der Waals surface area contributed by atoms with Gasteiger partial charge in [-0.25, -0.2) is 4.39 Å². The van der Waals surface area contributed by atoms with Crippen LogP contribution in [0.15, 0.2) is 48.8 Å². The maximum Gasteiger partial charge on any atom is 0.247 e. The molecule has 0 radical (unpaired) electrons. The molecule has 24 heavy (non-hydrogen) atoms. The van der Waals surface area contributed by atoms with E-state index >= 15 is 0 Å². The van der Waals surface area contributed by atoms with Gasteiger partial charge in [0, 0.05) is 11.9 Å². The van der Waals surface area contributed by atoms with Crippen LogP contribution < -0.4 is 10.6 Å². The first kappa shape index (κ1) is 16.4. The fraction of sp³-hybridized carbons (Fsp3) is 0.235. The summed E-state index contributed by atoms with van der Waals surface area (Å²) in [5.41, 5.74) is 1.08. The molecule has 124 valence electrons. The molecule has 2 N–H and O–H groups in total. The molecular weight excluding hydrogens is 329 g/mol. The highest BCUT2D eigenvalue weighted by atomic mass is 32.2. The first-order chi connectivity index (χ1) is 11.6. The number of hydrogen-bond acceptors (Lipinski definition) is 4. The highest BCUT2D eigenvalue weighted by Crippen LogP contribution is 2.23. The monoisotopic (exact) mass is 345 g/mol. The van der Waals surface area contributed by atoms with Crippen LogP contribution >= 0.6 is 11.8 Å². The molecule has 3 rings (SSSR count). The minimum atomic E-state index is -0.612. The lowest BCUT2D eigenvalue weighted by Gasteiger charge is -2.28. The number of carbonyl (C=O) groups excluding carboxylic acids is 2. The lowest BCUT2D eigenvalue weighted by molar-refractivity contribution is -0.126. The van der Waals surface area contributed by atoms with Gasteiger partial charge in [-0.2, -0.15) is 0 Å². The van der Waals surface area contributed by atoms with Gasteiger partial charge in [0.25, 0.3) is 0 Å². The van der Waals surface area contributed by atoms with Crippen molar-refractivity contribution >= 4 is 29.3 Å². The molecule has 2 heterocycles. The smallest absolute Gasteiger partial charge is 0.247 e. The van der Waals surface area contributed by atoms with Gasteiger partial charge in [0.05, 0.1) is 17.1 Å². The Kier molecular flexibility index (Phi) is 5.10. The van der Waals surface area contributed by atoms with Crippen LogP contribution in [0.2, 0.25) is 0 Å². The van der Waals surface area contributed by atoms with Crippen LogP contribution in [0.4, 0.5) is 10.1 Å². The van der Waals surface area contributed by atoms with Crippen molar-refractivity contribution in [3.63, 3.8) is 0 Å². The predicted molar refractivity (Wildman–Crippen MR) is 91.1 cm³/mol. The number of nitrogens with zero attached hydrogens (tertiary/aromatic N) is 1. The zero-order valence-corrected chi connectivity index (χ0v) is 13.6. The standard InChI is InChI=1S/C17H16FN3O2S/c18-13-6-2-1-4-11(13)8-15-17(23)21-14(10-24-15)16(22)20-12-5-3-7-19-9-12/h1-7,9,14-15H,8,10H2,(H,20,22)(H,21,23)/t14-,15-/m0/s1. The maximum absolute atomic E-state index is 13.7. The van der Waals surface area contributed by atoms with Gasteiger partial charge in [-0.1, -0.05) is 18.2 Å². The van der Waals surface area contributed by atoms with Crippen molar-refractivity contribution in [1.29, 1.82) is 0 Å². The Morgan fingerprint density at radius 3 is 2.88 bits per heavy atom.